The Morgan fingerprint density at radius 1 is 1.40 bits per heavy atom. The van der Waals surface area contributed by atoms with Crippen molar-refractivity contribution in [2.45, 2.75) is 51.4 Å². The van der Waals surface area contributed by atoms with Crippen LogP contribution in [0.4, 0.5) is 0 Å². The third-order valence-corrected chi connectivity index (χ3v) is 2.20. The van der Waals surface area contributed by atoms with Crippen LogP contribution in [0.3, 0.4) is 0 Å². The summed E-state index contributed by atoms with van der Waals surface area (Å²) in [6, 6.07) is 0.167. The second-order valence-corrected chi connectivity index (χ2v) is 3.25. The first-order chi connectivity index (χ1) is 4.70. The van der Waals surface area contributed by atoms with Crippen LogP contribution >= 0.6 is 0 Å². The largest absolute Gasteiger partial charge is 0.374 e. The lowest BCUT2D eigenvalue weighted by Crippen LogP contribution is -2.36. The predicted octanol–water partition coefficient (Wildman–Crippen LogP) is 1.29. The lowest BCUT2D eigenvalue weighted by molar-refractivity contribution is -0.0504. The average molecular weight is 143 g/mol. The van der Waals surface area contributed by atoms with Gasteiger partial charge in [-0.1, -0.05) is 0 Å². The highest BCUT2D eigenvalue weighted by Crippen LogP contribution is 2.23. The molecule has 2 N–H and O–H groups in total. The van der Waals surface area contributed by atoms with Crippen molar-refractivity contribution in [3.63, 3.8) is 0 Å². The van der Waals surface area contributed by atoms with Crippen molar-refractivity contribution in [3.8, 4) is 0 Å². The van der Waals surface area contributed by atoms with Gasteiger partial charge in [0.15, 0.2) is 0 Å². The fraction of sp³-hybridized carbons (Fsp3) is 1.00. The van der Waals surface area contributed by atoms with Gasteiger partial charge < -0.3 is 10.5 Å². The lowest BCUT2D eigenvalue weighted by Gasteiger charge is -2.30. The monoisotopic (exact) mass is 143 g/mol. The van der Waals surface area contributed by atoms with Crippen molar-refractivity contribution in [2.24, 2.45) is 5.73 Å². The van der Waals surface area contributed by atoms with E-state index in [1.165, 1.54) is 19.3 Å². The molecule has 0 bridgehead atoms. The summed E-state index contributed by atoms with van der Waals surface area (Å²) < 4.78 is 5.62. The van der Waals surface area contributed by atoms with Gasteiger partial charge in [0.2, 0.25) is 0 Å². The Hall–Kier alpha value is -0.0800. The van der Waals surface area contributed by atoms with E-state index < -0.39 is 0 Å². The Kier molecular flexibility index (Phi) is 2.69. The zero-order valence-corrected chi connectivity index (χ0v) is 6.84. The zero-order chi connectivity index (χ0) is 7.56. The molecule has 10 heavy (non-hydrogen) atoms. The predicted molar refractivity (Wildman–Crippen MR) is 41.8 cm³/mol. The molecule has 1 saturated carbocycles. The zero-order valence-electron chi connectivity index (χ0n) is 6.84. The molecule has 0 aromatic carbocycles. The molecule has 0 aromatic heterocycles. The maximum atomic E-state index is 5.64. The summed E-state index contributed by atoms with van der Waals surface area (Å²) in [5.41, 5.74) is 5.64. The topological polar surface area (TPSA) is 35.2 Å². The van der Waals surface area contributed by atoms with Crippen molar-refractivity contribution in [3.05, 3.63) is 0 Å². The molecule has 2 unspecified atom stereocenters. The van der Waals surface area contributed by atoms with E-state index in [4.69, 9.17) is 10.5 Å². The smallest absolute Gasteiger partial charge is 0.0698 e. The fourth-order valence-electron chi connectivity index (χ4n) is 0.934. The standard InChI is InChI=1S/C8H17NO/c1-6(9)7(2)10-8-4-3-5-8/h6-8H,3-5,9H2,1-2H3. The van der Waals surface area contributed by atoms with E-state index in [1.807, 2.05) is 13.8 Å². The molecular weight excluding hydrogens is 126 g/mol. The van der Waals surface area contributed by atoms with Crippen LogP contribution in [0.2, 0.25) is 0 Å². The molecule has 0 amide bonds. The van der Waals surface area contributed by atoms with Crippen LogP contribution in [-0.4, -0.2) is 18.2 Å². The summed E-state index contributed by atoms with van der Waals surface area (Å²) in [5, 5.41) is 0. The first-order valence-electron chi connectivity index (χ1n) is 4.11. The van der Waals surface area contributed by atoms with Gasteiger partial charge in [-0.15, -0.1) is 0 Å². The molecule has 0 aliphatic heterocycles. The molecule has 2 atom stereocenters. The maximum Gasteiger partial charge on any atom is 0.0698 e. The molecule has 0 spiro atoms. The van der Waals surface area contributed by atoms with E-state index >= 15 is 0 Å². The molecule has 0 radical (unpaired) electrons. The second-order valence-electron chi connectivity index (χ2n) is 3.25. The van der Waals surface area contributed by atoms with Crippen LogP contribution in [-0.2, 0) is 4.74 Å². The van der Waals surface area contributed by atoms with Crippen LogP contribution in [0.5, 0.6) is 0 Å². The van der Waals surface area contributed by atoms with Crippen LogP contribution in [0.1, 0.15) is 33.1 Å². The molecule has 0 heterocycles. The lowest BCUT2D eigenvalue weighted by atomic mass is 9.96. The van der Waals surface area contributed by atoms with Crippen molar-refractivity contribution in [1.82, 2.24) is 0 Å². The molecular formula is C8H17NO. The quantitative estimate of drug-likeness (QED) is 0.646. The molecule has 2 nitrogen and oxygen atoms in total. The molecule has 60 valence electrons. The van der Waals surface area contributed by atoms with Gasteiger partial charge >= 0.3 is 0 Å². The summed E-state index contributed by atoms with van der Waals surface area (Å²) in [5.74, 6) is 0. The Bertz CT molecular complexity index is 99.4. The molecule has 0 saturated heterocycles. The highest BCUT2D eigenvalue weighted by molar-refractivity contribution is 4.73. The van der Waals surface area contributed by atoms with E-state index in [9.17, 15) is 0 Å². The van der Waals surface area contributed by atoms with Crippen LogP contribution in [0.15, 0.2) is 0 Å². The number of ether oxygens (including phenoxy) is 1. The van der Waals surface area contributed by atoms with Gasteiger partial charge in [0, 0.05) is 6.04 Å². The van der Waals surface area contributed by atoms with Gasteiger partial charge in [-0.25, -0.2) is 0 Å². The number of nitrogens with two attached hydrogens (primary N) is 1. The second kappa shape index (κ2) is 3.35. The Morgan fingerprint density at radius 3 is 2.30 bits per heavy atom. The van der Waals surface area contributed by atoms with Crippen LogP contribution in [0.25, 0.3) is 0 Å². The number of rotatable bonds is 3. The van der Waals surface area contributed by atoms with Crippen molar-refractivity contribution in [1.29, 1.82) is 0 Å². The number of hydrogen-bond acceptors (Lipinski definition) is 2. The maximum absolute atomic E-state index is 5.64. The summed E-state index contributed by atoms with van der Waals surface area (Å²) in [6.07, 6.45) is 4.54. The average Bonchev–Trinajstić information content (AvgIpc) is 1.77. The molecule has 1 aliphatic rings. The van der Waals surface area contributed by atoms with Crippen molar-refractivity contribution < 1.29 is 4.74 Å². The van der Waals surface area contributed by atoms with E-state index in [1.54, 1.807) is 0 Å². The summed E-state index contributed by atoms with van der Waals surface area (Å²) in [7, 11) is 0. The normalized spacial score (nSPS) is 25.5. The molecule has 1 rings (SSSR count). The highest BCUT2D eigenvalue weighted by Gasteiger charge is 2.21. The Labute approximate surface area is 62.7 Å². The Morgan fingerprint density at radius 2 is 2.00 bits per heavy atom. The number of hydrogen-bond donors (Lipinski definition) is 1. The fourth-order valence-corrected chi connectivity index (χ4v) is 0.934. The SMILES string of the molecule is CC(N)C(C)OC1CCC1. The van der Waals surface area contributed by atoms with Crippen molar-refractivity contribution in [2.75, 3.05) is 0 Å². The first kappa shape index (κ1) is 8.02. The molecule has 1 fully saturated rings. The van der Waals surface area contributed by atoms with E-state index in [-0.39, 0.29) is 12.1 Å². The third-order valence-electron chi connectivity index (χ3n) is 2.20. The van der Waals surface area contributed by atoms with Gasteiger partial charge in [-0.05, 0) is 33.1 Å². The first-order valence-corrected chi connectivity index (χ1v) is 4.11. The van der Waals surface area contributed by atoms with E-state index in [0.29, 0.717) is 6.10 Å². The third kappa shape index (κ3) is 1.96. The van der Waals surface area contributed by atoms with Gasteiger partial charge in [0.25, 0.3) is 0 Å². The van der Waals surface area contributed by atoms with Crippen LogP contribution in [0, 0.1) is 0 Å². The molecule has 2 heteroatoms. The van der Waals surface area contributed by atoms with Crippen LogP contribution < -0.4 is 5.73 Å². The minimum atomic E-state index is 0.167. The summed E-state index contributed by atoms with van der Waals surface area (Å²) in [4.78, 5) is 0. The van der Waals surface area contributed by atoms with E-state index in [0.717, 1.165) is 0 Å². The summed E-state index contributed by atoms with van der Waals surface area (Å²) in [6.45, 7) is 4.03. The minimum absolute atomic E-state index is 0.167. The van der Waals surface area contributed by atoms with E-state index in [2.05, 4.69) is 0 Å². The van der Waals surface area contributed by atoms with Crippen molar-refractivity contribution >= 4 is 0 Å². The highest BCUT2D eigenvalue weighted by atomic mass is 16.5. The summed E-state index contributed by atoms with van der Waals surface area (Å²) >= 11 is 0. The Balaban J connectivity index is 2.10. The van der Waals surface area contributed by atoms with Gasteiger partial charge in [0.1, 0.15) is 0 Å². The van der Waals surface area contributed by atoms with Gasteiger partial charge in [-0.3, -0.25) is 0 Å². The van der Waals surface area contributed by atoms with Gasteiger partial charge in [0.05, 0.1) is 12.2 Å². The van der Waals surface area contributed by atoms with Gasteiger partial charge in [-0.2, -0.15) is 0 Å². The minimum Gasteiger partial charge on any atom is -0.374 e. The molecule has 1 aliphatic carbocycles. The molecule has 0 aromatic rings.